The number of pyridine rings is 1. The normalized spacial score (nSPS) is 20.4. The van der Waals surface area contributed by atoms with Crippen molar-refractivity contribution < 1.29 is 4.79 Å². The summed E-state index contributed by atoms with van der Waals surface area (Å²) in [5, 5.41) is 3.46. The lowest BCUT2D eigenvalue weighted by molar-refractivity contribution is -0.131. The van der Waals surface area contributed by atoms with Gasteiger partial charge in [-0.05, 0) is 50.4 Å². The molecule has 1 aromatic rings. The molecule has 1 aromatic heterocycles. The lowest BCUT2D eigenvalue weighted by atomic mass is 10.1. The van der Waals surface area contributed by atoms with Gasteiger partial charge in [-0.1, -0.05) is 6.92 Å². The van der Waals surface area contributed by atoms with Crippen molar-refractivity contribution in [1.29, 1.82) is 0 Å². The second-order valence-corrected chi connectivity index (χ2v) is 5.57. The second-order valence-electron chi connectivity index (χ2n) is 5.57. The van der Waals surface area contributed by atoms with Crippen LogP contribution in [0.3, 0.4) is 0 Å². The molecule has 2 unspecified atom stereocenters. The van der Waals surface area contributed by atoms with Crippen molar-refractivity contribution in [2.75, 3.05) is 6.54 Å². The lowest BCUT2D eigenvalue weighted by Crippen LogP contribution is -2.41. The van der Waals surface area contributed by atoms with Gasteiger partial charge in [-0.25, -0.2) is 0 Å². The summed E-state index contributed by atoms with van der Waals surface area (Å²) in [7, 11) is 0. The molecule has 1 saturated heterocycles. The highest BCUT2D eigenvalue weighted by atomic mass is 16.2. The van der Waals surface area contributed by atoms with Gasteiger partial charge in [0.15, 0.2) is 0 Å². The number of likely N-dealkylation sites (tertiary alicyclic amines) is 1. The first-order valence-corrected chi connectivity index (χ1v) is 7.63. The molecule has 0 aromatic carbocycles. The Bertz CT molecular complexity index is 421. The van der Waals surface area contributed by atoms with Crippen LogP contribution in [-0.2, 0) is 11.3 Å². The molecule has 4 heteroatoms. The first-order valence-electron chi connectivity index (χ1n) is 7.63. The van der Waals surface area contributed by atoms with E-state index in [2.05, 4.69) is 29.0 Å². The van der Waals surface area contributed by atoms with E-state index >= 15 is 0 Å². The standard InChI is InChI=1S/C16H25N3O/c1-3-13(2)19-15(4-5-16(19)20)8-11-18-12-14-6-9-17-10-7-14/h6-7,9-10,13,15,18H,3-5,8,11-12H2,1-2H3. The Balaban J connectivity index is 1.74. The number of nitrogens with zero attached hydrogens (tertiary/aromatic N) is 2. The lowest BCUT2D eigenvalue weighted by Gasteiger charge is -2.30. The SMILES string of the molecule is CCC(C)N1C(=O)CCC1CCNCc1ccncc1. The van der Waals surface area contributed by atoms with E-state index in [0.717, 1.165) is 38.8 Å². The molecule has 0 bridgehead atoms. The largest absolute Gasteiger partial charge is 0.337 e. The molecule has 1 fully saturated rings. The zero-order valence-electron chi connectivity index (χ0n) is 12.5. The highest BCUT2D eigenvalue weighted by Gasteiger charge is 2.32. The Morgan fingerprint density at radius 1 is 1.45 bits per heavy atom. The number of carbonyl (C=O) groups excluding carboxylic acids is 1. The van der Waals surface area contributed by atoms with Crippen LogP contribution in [0.15, 0.2) is 24.5 Å². The summed E-state index contributed by atoms with van der Waals surface area (Å²) in [5.41, 5.74) is 1.25. The van der Waals surface area contributed by atoms with Crippen LogP contribution in [0.5, 0.6) is 0 Å². The molecular weight excluding hydrogens is 250 g/mol. The Morgan fingerprint density at radius 2 is 2.20 bits per heavy atom. The third-order valence-electron chi connectivity index (χ3n) is 4.17. The summed E-state index contributed by atoms with van der Waals surface area (Å²) < 4.78 is 0. The number of aromatic nitrogens is 1. The van der Waals surface area contributed by atoms with Crippen LogP contribution in [0.4, 0.5) is 0 Å². The van der Waals surface area contributed by atoms with Crippen molar-refractivity contribution in [2.45, 2.75) is 58.2 Å². The predicted molar refractivity (Wildman–Crippen MR) is 80.2 cm³/mol. The van der Waals surface area contributed by atoms with Gasteiger partial charge in [0.1, 0.15) is 0 Å². The Morgan fingerprint density at radius 3 is 2.90 bits per heavy atom. The van der Waals surface area contributed by atoms with Crippen LogP contribution in [0.2, 0.25) is 0 Å². The van der Waals surface area contributed by atoms with Gasteiger partial charge >= 0.3 is 0 Å². The van der Waals surface area contributed by atoms with Gasteiger partial charge in [-0.3, -0.25) is 9.78 Å². The molecule has 20 heavy (non-hydrogen) atoms. The average Bonchev–Trinajstić information content (AvgIpc) is 2.85. The fourth-order valence-corrected chi connectivity index (χ4v) is 2.85. The Hall–Kier alpha value is -1.42. The van der Waals surface area contributed by atoms with E-state index < -0.39 is 0 Å². The van der Waals surface area contributed by atoms with Gasteiger partial charge in [-0.15, -0.1) is 0 Å². The highest BCUT2D eigenvalue weighted by Crippen LogP contribution is 2.24. The molecule has 2 atom stereocenters. The molecule has 0 aliphatic carbocycles. The topological polar surface area (TPSA) is 45.2 Å². The van der Waals surface area contributed by atoms with Crippen molar-refractivity contribution in [3.8, 4) is 0 Å². The van der Waals surface area contributed by atoms with Crippen molar-refractivity contribution in [3.05, 3.63) is 30.1 Å². The fourth-order valence-electron chi connectivity index (χ4n) is 2.85. The molecule has 1 N–H and O–H groups in total. The number of rotatable bonds is 7. The third-order valence-corrected chi connectivity index (χ3v) is 4.17. The highest BCUT2D eigenvalue weighted by molar-refractivity contribution is 5.79. The van der Waals surface area contributed by atoms with Gasteiger partial charge in [0, 0.05) is 37.4 Å². The minimum absolute atomic E-state index is 0.332. The maximum Gasteiger partial charge on any atom is 0.223 e. The van der Waals surface area contributed by atoms with Gasteiger partial charge in [-0.2, -0.15) is 0 Å². The molecule has 110 valence electrons. The molecular formula is C16H25N3O. The minimum Gasteiger partial charge on any atom is -0.337 e. The molecule has 1 aliphatic heterocycles. The van der Waals surface area contributed by atoms with Gasteiger partial charge in [0.2, 0.25) is 5.91 Å². The number of nitrogens with one attached hydrogen (secondary N) is 1. The van der Waals surface area contributed by atoms with E-state index in [1.165, 1.54) is 5.56 Å². The van der Waals surface area contributed by atoms with E-state index in [1.54, 1.807) is 0 Å². The zero-order chi connectivity index (χ0) is 14.4. The van der Waals surface area contributed by atoms with Crippen LogP contribution in [0, 0.1) is 0 Å². The van der Waals surface area contributed by atoms with Crippen LogP contribution >= 0.6 is 0 Å². The zero-order valence-corrected chi connectivity index (χ0v) is 12.5. The van der Waals surface area contributed by atoms with Gasteiger partial charge in [0.25, 0.3) is 0 Å². The van der Waals surface area contributed by atoms with Crippen LogP contribution in [0.1, 0.15) is 45.1 Å². The van der Waals surface area contributed by atoms with E-state index in [4.69, 9.17) is 0 Å². The Kier molecular flexibility index (Phi) is 5.53. The molecule has 0 radical (unpaired) electrons. The summed E-state index contributed by atoms with van der Waals surface area (Å²) >= 11 is 0. The van der Waals surface area contributed by atoms with E-state index in [0.29, 0.717) is 18.0 Å². The molecule has 1 amide bonds. The maximum absolute atomic E-state index is 11.9. The van der Waals surface area contributed by atoms with Crippen molar-refractivity contribution in [2.24, 2.45) is 0 Å². The summed E-state index contributed by atoms with van der Waals surface area (Å²) in [4.78, 5) is 18.1. The Labute approximate surface area is 121 Å². The van der Waals surface area contributed by atoms with Gasteiger partial charge in [0.05, 0.1) is 0 Å². The predicted octanol–water partition coefficient (Wildman–Crippen LogP) is 2.35. The molecule has 4 nitrogen and oxygen atoms in total. The number of hydrogen-bond acceptors (Lipinski definition) is 3. The second kappa shape index (κ2) is 7.39. The van der Waals surface area contributed by atoms with Crippen LogP contribution in [0.25, 0.3) is 0 Å². The number of amides is 1. The third kappa shape index (κ3) is 3.79. The van der Waals surface area contributed by atoms with Crippen molar-refractivity contribution in [3.63, 3.8) is 0 Å². The van der Waals surface area contributed by atoms with Crippen molar-refractivity contribution in [1.82, 2.24) is 15.2 Å². The van der Waals surface area contributed by atoms with Gasteiger partial charge < -0.3 is 10.2 Å². The average molecular weight is 275 g/mol. The van der Waals surface area contributed by atoms with E-state index in [-0.39, 0.29) is 0 Å². The molecule has 2 heterocycles. The van der Waals surface area contributed by atoms with Crippen LogP contribution in [-0.4, -0.2) is 34.4 Å². The number of carbonyl (C=O) groups is 1. The maximum atomic E-state index is 11.9. The monoisotopic (exact) mass is 275 g/mol. The van der Waals surface area contributed by atoms with Crippen LogP contribution < -0.4 is 5.32 Å². The summed E-state index contributed by atoms with van der Waals surface area (Å²) in [6.45, 7) is 6.12. The van der Waals surface area contributed by atoms with Crippen molar-refractivity contribution >= 4 is 5.91 Å². The summed E-state index contributed by atoms with van der Waals surface area (Å²) in [5.74, 6) is 0.332. The first-order chi connectivity index (χ1) is 9.72. The molecule has 1 aliphatic rings. The first kappa shape index (κ1) is 15.0. The molecule has 0 saturated carbocycles. The van der Waals surface area contributed by atoms with E-state index in [1.807, 2.05) is 24.5 Å². The number of hydrogen-bond donors (Lipinski definition) is 1. The summed E-state index contributed by atoms with van der Waals surface area (Å²) in [6.07, 6.45) is 7.45. The molecule has 0 spiro atoms. The minimum atomic E-state index is 0.332. The smallest absolute Gasteiger partial charge is 0.223 e. The van der Waals surface area contributed by atoms with E-state index in [9.17, 15) is 4.79 Å². The quantitative estimate of drug-likeness (QED) is 0.777. The summed E-state index contributed by atoms with van der Waals surface area (Å²) in [6, 6.07) is 4.84. The fraction of sp³-hybridized carbons (Fsp3) is 0.625. The molecule has 2 rings (SSSR count).